The second kappa shape index (κ2) is 7.17. The minimum absolute atomic E-state index is 0.462. The van der Waals surface area contributed by atoms with E-state index < -0.39 is 0 Å². The third-order valence-electron chi connectivity index (χ3n) is 4.73. The zero-order valence-corrected chi connectivity index (χ0v) is 15.9. The van der Waals surface area contributed by atoms with E-state index in [-0.39, 0.29) is 0 Å². The number of aromatic nitrogens is 4. The topological polar surface area (TPSA) is 128 Å². The highest BCUT2D eigenvalue weighted by atomic mass is 15.1. The fraction of sp³-hybridized carbons (Fsp3) is 0. The van der Waals surface area contributed by atoms with Gasteiger partial charge in [0, 0.05) is 52.1 Å². The summed E-state index contributed by atoms with van der Waals surface area (Å²) in [6.07, 6.45) is 5.08. The quantitative estimate of drug-likeness (QED) is 0.357. The van der Waals surface area contributed by atoms with E-state index in [1.165, 1.54) is 0 Å². The molecule has 8 heteroatoms. The second-order valence-electron chi connectivity index (χ2n) is 6.78. The number of benzene rings is 2. The third kappa shape index (κ3) is 3.37. The van der Waals surface area contributed by atoms with Gasteiger partial charge in [0.2, 0.25) is 5.95 Å². The molecule has 0 unspecified atom stereocenters. The van der Waals surface area contributed by atoms with Crippen LogP contribution in [0.1, 0.15) is 0 Å². The lowest BCUT2D eigenvalue weighted by Gasteiger charge is -2.10. The first-order valence-corrected chi connectivity index (χ1v) is 9.31. The van der Waals surface area contributed by atoms with Gasteiger partial charge in [-0.3, -0.25) is 9.97 Å². The van der Waals surface area contributed by atoms with Gasteiger partial charge in [-0.2, -0.15) is 4.98 Å². The molecule has 0 atom stereocenters. The molecule has 0 fully saturated rings. The van der Waals surface area contributed by atoms with E-state index in [0.29, 0.717) is 23.1 Å². The number of nitrogens with two attached hydrogens (primary N) is 2. The van der Waals surface area contributed by atoms with E-state index >= 15 is 0 Å². The summed E-state index contributed by atoms with van der Waals surface area (Å²) < 4.78 is 0. The Hall–Kier alpha value is -4.46. The van der Waals surface area contributed by atoms with Gasteiger partial charge in [-0.05, 0) is 54.6 Å². The number of hydrogen-bond acceptors (Lipinski definition) is 8. The van der Waals surface area contributed by atoms with Crippen molar-refractivity contribution in [3.63, 3.8) is 0 Å². The molecule has 3 aromatic heterocycles. The Labute approximate surface area is 172 Å². The van der Waals surface area contributed by atoms with Crippen molar-refractivity contribution in [3.8, 4) is 0 Å². The van der Waals surface area contributed by atoms with Crippen molar-refractivity contribution in [3.05, 3.63) is 73.2 Å². The van der Waals surface area contributed by atoms with E-state index in [1.807, 2.05) is 36.4 Å². The van der Waals surface area contributed by atoms with Crippen LogP contribution in [-0.4, -0.2) is 19.9 Å². The SMILES string of the molecule is Nc1ccnc2ccc(Nc3ccnc(Nc4ccc5nccc(N)c5c4)n3)cc12. The maximum atomic E-state index is 6.06. The van der Waals surface area contributed by atoms with Gasteiger partial charge in [-0.15, -0.1) is 0 Å². The van der Waals surface area contributed by atoms with E-state index in [4.69, 9.17) is 11.5 Å². The van der Waals surface area contributed by atoms with Crippen LogP contribution in [0.25, 0.3) is 21.8 Å². The molecule has 8 nitrogen and oxygen atoms in total. The molecule has 5 aromatic rings. The fourth-order valence-electron chi connectivity index (χ4n) is 3.26. The molecule has 5 rings (SSSR count). The minimum atomic E-state index is 0.462. The number of nitrogens with one attached hydrogen (secondary N) is 2. The first kappa shape index (κ1) is 17.6. The maximum Gasteiger partial charge on any atom is 0.229 e. The van der Waals surface area contributed by atoms with Gasteiger partial charge in [0.25, 0.3) is 0 Å². The number of hydrogen-bond donors (Lipinski definition) is 4. The van der Waals surface area contributed by atoms with Crippen LogP contribution in [0.2, 0.25) is 0 Å². The van der Waals surface area contributed by atoms with Gasteiger partial charge in [0.15, 0.2) is 0 Å². The van der Waals surface area contributed by atoms with Gasteiger partial charge in [0.1, 0.15) is 5.82 Å². The van der Waals surface area contributed by atoms with Crippen LogP contribution in [-0.2, 0) is 0 Å². The van der Waals surface area contributed by atoms with Gasteiger partial charge in [0.05, 0.1) is 11.0 Å². The number of fused-ring (bicyclic) bond motifs is 2. The average Bonchev–Trinajstić information content (AvgIpc) is 2.75. The Morgan fingerprint density at radius 2 is 1.17 bits per heavy atom. The number of anilines is 6. The zero-order chi connectivity index (χ0) is 20.5. The Kier molecular flexibility index (Phi) is 4.21. The highest BCUT2D eigenvalue weighted by Gasteiger charge is 2.06. The van der Waals surface area contributed by atoms with E-state index in [2.05, 4.69) is 30.6 Å². The summed E-state index contributed by atoms with van der Waals surface area (Å²) in [7, 11) is 0. The fourth-order valence-corrected chi connectivity index (χ4v) is 3.26. The Bertz CT molecular complexity index is 1280. The Morgan fingerprint density at radius 1 is 0.600 bits per heavy atom. The first-order valence-electron chi connectivity index (χ1n) is 9.31. The van der Waals surface area contributed by atoms with Crippen molar-refractivity contribution in [1.29, 1.82) is 0 Å². The molecule has 0 radical (unpaired) electrons. The van der Waals surface area contributed by atoms with Gasteiger partial charge >= 0.3 is 0 Å². The van der Waals surface area contributed by atoms with Crippen molar-refractivity contribution >= 4 is 56.3 Å². The monoisotopic (exact) mass is 394 g/mol. The molecule has 0 aliphatic heterocycles. The van der Waals surface area contributed by atoms with Crippen molar-refractivity contribution in [2.75, 3.05) is 22.1 Å². The van der Waals surface area contributed by atoms with Crippen LogP contribution in [0.4, 0.5) is 34.5 Å². The molecule has 0 amide bonds. The smallest absolute Gasteiger partial charge is 0.229 e. The third-order valence-corrected chi connectivity index (χ3v) is 4.73. The van der Waals surface area contributed by atoms with Crippen LogP contribution in [0.15, 0.2) is 73.2 Å². The molecule has 0 aliphatic carbocycles. The molecule has 146 valence electrons. The molecular formula is C22H18N8. The molecule has 3 heterocycles. The van der Waals surface area contributed by atoms with Crippen molar-refractivity contribution in [1.82, 2.24) is 19.9 Å². The summed E-state index contributed by atoms with van der Waals surface area (Å²) in [5.41, 5.74) is 16.8. The molecule has 2 aromatic carbocycles. The van der Waals surface area contributed by atoms with Crippen LogP contribution >= 0.6 is 0 Å². The Morgan fingerprint density at radius 3 is 1.80 bits per heavy atom. The normalized spacial score (nSPS) is 10.9. The van der Waals surface area contributed by atoms with Crippen LogP contribution in [0.3, 0.4) is 0 Å². The molecule has 0 saturated heterocycles. The van der Waals surface area contributed by atoms with Crippen molar-refractivity contribution in [2.45, 2.75) is 0 Å². The van der Waals surface area contributed by atoms with Gasteiger partial charge in [-0.1, -0.05) is 0 Å². The summed E-state index contributed by atoms with van der Waals surface area (Å²) in [4.78, 5) is 17.5. The summed E-state index contributed by atoms with van der Waals surface area (Å²) in [5.74, 6) is 1.11. The van der Waals surface area contributed by atoms with Crippen molar-refractivity contribution < 1.29 is 0 Å². The maximum absolute atomic E-state index is 6.06. The van der Waals surface area contributed by atoms with Crippen LogP contribution < -0.4 is 22.1 Å². The lowest BCUT2D eigenvalue weighted by Crippen LogP contribution is -2.01. The van der Waals surface area contributed by atoms with Crippen molar-refractivity contribution in [2.24, 2.45) is 0 Å². The number of nitrogens with zero attached hydrogens (tertiary/aromatic N) is 4. The zero-order valence-electron chi connectivity index (χ0n) is 15.9. The summed E-state index contributed by atoms with van der Waals surface area (Å²) >= 11 is 0. The lowest BCUT2D eigenvalue weighted by atomic mass is 10.1. The molecule has 0 bridgehead atoms. The lowest BCUT2D eigenvalue weighted by molar-refractivity contribution is 1.17. The molecule has 0 aliphatic rings. The average molecular weight is 394 g/mol. The highest BCUT2D eigenvalue weighted by molar-refractivity contribution is 5.93. The largest absolute Gasteiger partial charge is 0.398 e. The van der Waals surface area contributed by atoms with E-state index in [0.717, 1.165) is 33.2 Å². The van der Waals surface area contributed by atoms with Gasteiger partial charge < -0.3 is 22.1 Å². The number of rotatable bonds is 4. The van der Waals surface area contributed by atoms with Crippen LogP contribution in [0.5, 0.6) is 0 Å². The van der Waals surface area contributed by atoms with E-state index in [1.54, 1.807) is 36.8 Å². The molecule has 0 saturated carbocycles. The molecular weight excluding hydrogens is 376 g/mol. The molecule has 0 spiro atoms. The number of nitrogen functional groups attached to an aromatic ring is 2. The van der Waals surface area contributed by atoms with Gasteiger partial charge in [-0.25, -0.2) is 4.98 Å². The summed E-state index contributed by atoms with van der Waals surface area (Å²) in [5, 5.41) is 8.26. The van der Waals surface area contributed by atoms with Crippen LogP contribution in [0, 0.1) is 0 Å². The highest BCUT2D eigenvalue weighted by Crippen LogP contribution is 2.26. The standard InChI is InChI=1S/C22H18N8/c23-17-5-8-25-19-3-1-13(11-15(17)19)28-21-7-10-27-22(30-21)29-14-2-4-20-16(12-14)18(24)6-9-26-20/h1-12H,(H2,23,25)(H2,24,26)(H2,27,28,29,30). The molecule has 30 heavy (non-hydrogen) atoms. The predicted octanol–water partition coefficient (Wildman–Crippen LogP) is 4.22. The minimum Gasteiger partial charge on any atom is -0.398 e. The predicted molar refractivity (Wildman–Crippen MR) is 121 cm³/mol. The molecule has 6 N–H and O–H groups in total. The van der Waals surface area contributed by atoms with E-state index in [9.17, 15) is 0 Å². The summed E-state index contributed by atoms with van der Waals surface area (Å²) in [6.45, 7) is 0. The number of pyridine rings is 2. The second-order valence-corrected chi connectivity index (χ2v) is 6.78. The summed E-state index contributed by atoms with van der Waals surface area (Å²) in [6, 6.07) is 16.9. The Balaban J connectivity index is 1.41. The first-order chi connectivity index (χ1) is 14.7.